The molecule has 19 heavy (non-hydrogen) atoms. The van der Waals surface area contributed by atoms with E-state index in [4.69, 9.17) is 0 Å². The molecule has 6 heteroatoms. The van der Waals surface area contributed by atoms with Crippen LogP contribution in [0, 0.1) is 0 Å². The van der Waals surface area contributed by atoms with E-state index in [-0.39, 0.29) is 0 Å². The number of carbonyl (C=O) groups excluding carboxylic acids is 1. The van der Waals surface area contributed by atoms with Gasteiger partial charge in [0.1, 0.15) is 0 Å². The molecule has 1 atom stereocenters. The molecule has 0 saturated carbocycles. The van der Waals surface area contributed by atoms with Crippen molar-refractivity contribution in [2.24, 2.45) is 0 Å². The molecule has 1 aromatic carbocycles. The fourth-order valence-corrected chi connectivity index (χ4v) is 2.72. The second-order valence-corrected chi connectivity index (χ2v) is 5.67. The van der Waals surface area contributed by atoms with E-state index in [1.54, 1.807) is 41.8 Å². The summed E-state index contributed by atoms with van der Waals surface area (Å²) in [5.41, 5.74) is 0.414. The second-order valence-electron chi connectivity index (χ2n) is 3.77. The van der Waals surface area contributed by atoms with Crippen molar-refractivity contribution in [1.82, 2.24) is 5.32 Å². The lowest BCUT2D eigenvalue weighted by Gasteiger charge is -2.13. The van der Waals surface area contributed by atoms with Gasteiger partial charge in [-0.2, -0.15) is 0 Å². The molecule has 0 radical (unpaired) electrons. The lowest BCUT2D eigenvalue weighted by atomic mass is 10.2. The summed E-state index contributed by atoms with van der Waals surface area (Å²) < 4.78 is 0.767. The summed E-state index contributed by atoms with van der Waals surface area (Å²) in [7, 11) is 0. The molecule has 0 aliphatic carbocycles. The van der Waals surface area contributed by atoms with E-state index in [1.165, 1.54) is 11.3 Å². The lowest BCUT2D eigenvalue weighted by molar-refractivity contribution is -0.139. The molecular formula is C13H10BrNO3S. The van der Waals surface area contributed by atoms with Gasteiger partial charge < -0.3 is 10.4 Å². The Bertz CT molecular complexity index is 598. The molecule has 0 aliphatic heterocycles. The van der Waals surface area contributed by atoms with Crippen molar-refractivity contribution < 1.29 is 14.7 Å². The molecule has 0 aliphatic rings. The van der Waals surface area contributed by atoms with Crippen LogP contribution in [0.5, 0.6) is 0 Å². The van der Waals surface area contributed by atoms with Gasteiger partial charge in [0.15, 0.2) is 6.04 Å². The minimum absolute atomic E-state index is 0.414. The zero-order chi connectivity index (χ0) is 13.8. The van der Waals surface area contributed by atoms with Crippen LogP contribution in [0.3, 0.4) is 0 Å². The van der Waals surface area contributed by atoms with Crippen molar-refractivity contribution in [3.8, 4) is 0 Å². The van der Waals surface area contributed by atoms with Crippen molar-refractivity contribution in [3.05, 3.63) is 56.7 Å². The molecule has 1 amide bonds. The molecule has 0 spiro atoms. The number of carboxylic acid groups (broad SMARTS) is 1. The summed E-state index contributed by atoms with van der Waals surface area (Å²) in [5, 5.41) is 13.5. The Hall–Kier alpha value is -1.66. The fourth-order valence-electron chi connectivity index (χ4n) is 1.55. The number of nitrogens with one attached hydrogen (secondary N) is 1. The number of halogens is 1. The third kappa shape index (κ3) is 3.42. The highest BCUT2D eigenvalue weighted by atomic mass is 79.9. The van der Waals surface area contributed by atoms with Gasteiger partial charge in [-0.15, -0.1) is 11.3 Å². The van der Waals surface area contributed by atoms with E-state index in [2.05, 4.69) is 21.2 Å². The van der Waals surface area contributed by atoms with Crippen LogP contribution in [-0.4, -0.2) is 17.0 Å². The molecule has 1 aromatic heterocycles. The van der Waals surface area contributed by atoms with Gasteiger partial charge in [-0.1, -0.05) is 28.1 Å². The van der Waals surface area contributed by atoms with Crippen LogP contribution in [0.25, 0.3) is 0 Å². The minimum atomic E-state index is -1.08. The van der Waals surface area contributed by atoms with E-state index >= 15 is 0 Å². The number of hydrogen-bond acceptors (Lipinski definition) is 3. The SMILES string of the molecule is O=C(NC(C(=O)O)c1cccs1)c1cccc(Br)c1. The Kier molecular flexibility index (Phi) is 4.34. The maximum atomic E-state index is 12.0. The van der Waals surface area contributed by atoms with Crippen LogP contribution in [0.15, 0.2) is 46.3 Å². The van der Waals surface area contributed by atoms with Gasteiger partial charge in [-0.25, -0.2) is 4.79 Å². The summed E-state index contributed by atoms with van der Waals surface area (Å²) in [4.78, 5) is 23.8. The third-order valence-corrected chi connectivity index (χ3v) is 3.87. The van der Waals surface area contributed by atoms with Crippen molar-refractivity contribution >= 4 is 39.1 Å². The van der Waals surface area contributed by atoms with Gasteiger partial charge >= 0.3 is 5.97 Å². The smallest absolute Gasteiger partial charge is 0.331 e. The van der Waals surface area contributed by atoms with Gasteiger partial charge in [0, 0.05) is 14.9 Å². The normalized spacial score (nSPS) is 11.8. The van der Waals surface area contributed by atoms with Gasteiger partial charge in [-0.05, 0) is 29.6 Å². The zero-order valence-corrected chi connectivity index (χ0v) is 12.1. The number of hydrogen-bond donors (Lipinski definition) is 2. The first-order chi connectivity index (χ1) is 9.08. The summed E-state index contributed by atoms with van der Waals surface area (Å²) >= 11 is 4.56. The Balaban J connectivity index is 2.19. The standard InChI is InChI=1S/C13H10BrNO3S/c14-9-4-1-3-8(7-9)12(16)15-11(13(17)18)10-5-2-6-19-10/h1-7,11H,(H,15,16)(H,17,18). The average Bonchev–Trinajstić information content (AvgIpc) is 2.88. The van der Waals surface area contributed by atoms with Crippen molar-refractivity contribution in [1.29, 1.82) is 0 Å². The first-order valence-electron chi connectivity index (χ1n) is 5.40. The maximum Gasteiger partial charge on any atom is 0.331 e. The third-order valence-electron chi connectivity index (χ3n) is 2.44. The number of carboxylic acids is 1. The first kappa shape index (κ1) is 13.8. The van der Waals surface area contributed by atoms with Gasteiger partial charge in [0.25, 0.3) is 5.91 Å². The van der Waals surface area contributed by atoms with Crippen LogP contribution in [0.4, 0.5) is 0 Å². The molecule has 2 aromatic rings. The van der Waals surface area contributed by atoms with E-state index in [0.717, 1.165) is 4.47 Å². The highest BCUT2D eigenvalue weighted by molar-refractivity contribution is 9.10. The van der Waals surface area contributed by atoms with Gasteiger partial charge in [0.05, 0.1) is 0 Å². The topological polar surface area (TPSA) is 66.4 Å². The Morgan fingerprint density at radius 2 is 2.05 bits per heavy atom. The van der Waals surface area contributed by atoms with E-state index in [9.17, 15) is 14.7 Å². The first-order valence-corrected chi connectivity index (χ1v) is 7.08. The summed E-state index contributed by atoms with van der Waals surface area (Å²) in [6.07, 6.45) is 0. The van der Waals surface area contributed by atoms with Crippen LogP contribution in [-0.2, 0) is 4.79 Å². The van der Waals surface area contributed by atoms with Gasteiger partial charge in [-0.3, -0.25) is 4.79 Å². The molecular weight excluding hydrogens is 330 g/mol. The fraction of sp³-hybridized carbons (Fsp3) is 0.0769. The zero-order valence-electron chi connectivity index (χ0n) is 9.67. The van der Waals surface area contributed by atoms with Crippen molar-refractivity contribution in [2.45, 2.75) is 6.04 Å². The number of rotatable bonds is 4. The Morgan fingerprint density at radius 1 is 1.26 bits per heavy atom. The number of thiophene rings is 1. The number of carbonyl (C=O) groups is 2. The Morgan fingerprint density at radius 3 is 2.63 bits per heavy atom. The quantitative estimate of drug-likeness (QED) is 0.899. The van der Waals surface area contributed by atoms with Crippen LogP contribution in [0.2, 0.25) is 0 Å². The summed E-state index contributed by atoms with van der Waals surface area (Å²) in [5.74, 6) is -1.49. The minimum Gasteiger partial charge on any atom is -0.479 e. The number of benzene rings is 1. The van der Waals surface area contributed by atoms with Crippen LogP contribution >= 0.6 is 27.3 Å². The molecule has 1 unspecified atom stereocenters. The molecule has 2 N–H and O–H groups in total. The van der Waals surface area contributed by atoms with Crippen molar-refractivity contribution in [3.63, 3.8) is 0 Å². The molecule has 2 rings (SSSR count). The highest BCUT2D eigenvalue weighted by Crippen LogP contribution is 2.20. The predicted molar refractivity (Wildman–Crippen MR) is 76.3 cm³/mol. The van der Waals surface area contributed by atoms with E-state index in [0.29, 0.717) is 10.4 Å². The second kappa shape index (κ2) is 5.99. The molecule has 0 saturated heterocycles. The predicted octanol–water partition coefficient (Wildman–Crippen LogP) is 3.07. The molecule has 1 heterocycles. The number of aliphatic carboxylic acids is 1. The van der Waals surface area contributed by atoms with E-state index < -0.39 is 17.9 Å². The molecule has 0 fully saturated rings. The van der Waals surface area contributed by atoms with Crippen LogP contribution < -0.4 is 5.32 Å². The molecule has 4 nitrogen and oxygen atoms in total. The lowest BCUT2D eigenvalue weighted by Crippen LogP contribution is -2.33. The molecule has 98 valence electrons. The largest absolute Gasteiger partial charge is 0.479 e. The van der Waals surface area contributed by atoms with Gasteiger partial charge in [0.2, 0.25) is 0 Å². The molecule has 0 bridgehead atoms. The average molecular weight is 340 g/mol. The van der Waals surface area contributed by atoms with E-state index in [1.807, 2.05) is 0 Å². The van der Waals surface area contributed by atoms with Crippen molar-refractivity contribution in [2.75, 3.05) is 0 Å². The monoisotopic (exact) mass is 339 g/mol. The highest BCUT2D eigenvalue weighted by Gasteiger charge is 2.23. The van der Waals surface area contributed by atoms with Crippen LogP contribution in [0.1, 0.15) is 21.3 Å². The maximum absolute atomic E-state index is 12.0. The Labute approximate surface area is 122 Å². The number of amides is 1. The summed E-state index contributed by atoms with van der Waals surface area (Å²) in [6.45, 7) is 0. The summed E-state index contributed by atoms with van der Waals surface area (Å²) in [6, 6.07) is 9.21.